The third-order valence-corrected chi connectivity index (χ3v) is 3.35. The molecule has 0 aromatic carbocycles. The zero-order valence-corrected chi connectivity index (χ0v) is 10.1. The van der Waals surface area contributed by atoms with Gasteiger partial charge in [0.05, 0.1) is 5.01 Å². The van der Waals surface area contributed by atoms with Crippen molar-refractivity contribution in [3.8, 4) is 0 Å². The number of nitrogens with zero attached hydrogens (tertiary/aromatic N) is 1. The molecule has 0 bridgehead atoms. The maximum absolute atomic E-state index is 4.31. The average Bonchev–Trinajstić information content (AvgIpc) is 2.66. The quantitative estimate of drug-likeness (QED) is 0.784. The Kier molecular flexibility index (Phi) is 5.12. The van der Waals surface area contributed by atoms with Crippen LogP contribution in [-0.2, 0) is 6.42 Å². The van der Waals surface area contributed by atoms with Crippen molar-refractivity contribution in [2.75, 3.05) is 6.54 Å². The molecule has 0 amide bonds. The van der Waals surface area contributed by atoms with Crippen LogP contribution in [0.3, 0.4) is 0 Å². The molecule has 1 heterocycles. The molecule has 14 heavy (non-hydrogen) atoms. The summed E-state index contributed by atoms with van der Waals surface area (Å²) in [5, 5.41) is 6.82. The van der Waals surface area contributed by atoms with Crippen LogP contribution < -0.4 is 5.32 Å². The molecule has 2 nitrogen and oxygen atoms in total. The SMILES string of the molecule is CCCNC(C)C(C)Cc1nccs1. The lowest BCUT2D eigenvalue weighted by Gasteiger charge is -2.20. The molecule has 0 fully saturated rings. The van der Waals surface area contributed by atoms with Crippen molar-refractivity contribution in [1.82, 2.24) is 10.3 Å². The van der Waals surface area contributed by atoms with Gasteiger partial charge in [0.2, 0.25) is 0 Å². The van der Waals surface area contributed by atoms with Crippen molar-refractivity contribution < 1.29 is 0 Å². The summed E-state index contributed by atoms with van der Waals surface area (Å²) in [6.45, 7) is 7.86. The van der Waals surface area contributed by atoms with Crippen LogP contribution in [0.1, 0.15) is 32.2 Å². The van der Waals surface area contributed by atoms with Gasteiger partial charge in [0.15, 0.2) is 0 Å². The molecule has 1 rings (SSSR count). The van der Waals surface area contributed by atoms with E-state index in [1.807, 2.05) is 11.6 Å². The van der Waals surface area contributed by atoms with Gasteiger partial charge in [-0.1, -0.05) is 13.8 Å². The van der Waals surface area contributed by atoms with Gasteiger partial charge in [-0.15, -0.1) is 11.3 Å². The molecule has 1 N–H and O–H groups in total. The highest BCUT2D eigenvalue weighted by molar-refractivity contribution is 7.09. The third kappa shape index (κ3) is 3.76. The largest absolute Gasteiger partial charge is 0.314 e. The second-order valence-corrected chi connectivity index (χ2v) is 4.83. The van der Waals surface area contributed by atoms with E-state index >= 15 is 0 Å². The van der Waals surface area contributed by atoms with Crippen molar-refractivity contribution >= 4 is 11.3 Å². The minimum absolute atomic E-state index is 0.582. The summed E-state index contributed by atoms with van der Waals surface area (Å²) in [5.41, 5.74) is 0. The third-order valence-electron chi connectivity index (χ3n) is 2.55. The molecule has 1 aromatic rings. The van der Waals surface area contributed by atoms with Crippen LogP contribution in [-0.4, -0.2) is 17.6 Å². The Morgan fingerprint density at radius 3 is 2.86 bits per heavy atom. The van der Waals surface area contributed by atoms with Crippen LogP contribution in [0, 0.1) is 5.92 Å². The summed E-state index contributed by atoms with van der Waals surface area (Å²) in [5.74, 6) is 0.660. The van der Waals surface area contributed by atoms with Crippen molar-refractivity contribution in [2.45, 2.75) is 39.7 Å². The Bertz CT molecular complexity index is 233. The Morgan fingerprint density at radius 1 is 1.50 bits per heavy atom. The molecule has 1 aromatic heterocycles. The molecule has 0 radical (unpaired) electrons. The zero-order valence-electron chi connectivity index (χ0n) is 9.29. The lowest BCUT2D eigenvalue weighted by molar-refractivity contribution is 0.398. The average molecular weight is 212 g/mol. The maximum atomic E-state index is 4.31. The first-order valence-electron chi connectivity index (χ1n) is 5.35. The van der Waals surface area contributed by atoms with Gasteiger partial charge in [-0.05, 0) is 25.8 Å². The van der Waals surface area contributed by atoms with Gasteiger partial charge in [-0.3, -0.25) is 0 Å². The van der Waals surface area contributed by atoms with Gasteiger partial charge >= 0.3 is 0 Å². The van der Waals surface area contributed by atoms with E-state index in [0.29, 0.717) is 12.0 Å². The molecule has 0 saturated heterocycles. The van der Waals surface area contributed by atoms with E-state index in [1.165, 1.54) is 11.4 Å². The highest BCUT2D eigenvalue weighted by Gasteiger charge is 2.12. The Morgan fingerprint density at radius 2 is 2.29 bits per heavy atom. The molecule has 0 saturated carbocycles. The van der Waals surface area contributed by atoms with Crippen LogP contribution in [0.4, 0.5) is 0 Å². The molecule has 2 atom stereocenters. The summed E-state index contributed by atoms with van der Waals surface area (Å²) >= 11 is 1.75. The van der Waals surface area contributed by atoms with E-state index < -0.39 is 0 Å². The molecule has 2 unspecified atom stereocenters. The van der Waals surface area contributed by atoms with Gasteiger partial charge in [-0.25, -0.2) is 4.98 Å². The molecular weight excluding hydrogens is 192 g/mol. The molecule has 80 valence electrons. The number of rotatable bonds is 6. The molecule has 3 heteroatoms. The first kappa shape index (κ1) is 11.7. The fourth-order valence-corrected chi connectivity index (χ4v) is 2.14. The predicted molar refractivity (Wildman–Crippen MR) is 62.7 cm³/mol. The number of thiazole rings is 1. The summed E-state index contributed by atoms with van der Waals surface area (Å²) in [4.78, 5) is 4.31. The maximum Gasteiger partial charge on any atom is 0.0928 e. The summed E-state index contributed by atoms with van der Waals surface area (Å²) in [6, 6.07) is 0.582. The number of hydrogen-bond donors (Lipinski definition) is 1. The second kappa shape index (κ2) is 6.14. The van der Waals surface area contributed by atoms with E-state index in [2.05, 4.69) is 31.1 Å². The van der Waals surface area contributed by atoms with Gasteiger partial charge in [0.1, 0.15) is 0 Å². The van der Waals surface area contributed by atoms with Crippen molar-refractivity contribution in [1.29, 1.82) is 0 Å². The van der Waals surface area contributed by atoms with E-state index in [1.54, 1.807) is 11.3 Å². The van der Waals surface area contributed by atoms with Crippen LogP contribution in [0.2, 0.25) is 0 Å². The number of hydrogen-bond acceptors (Lipinski definition) is 3. The van der Waals surface area contributed by atoms with E-state index in [-0.39, 0.29) is 0 Å². The molecular formula is C11H20N2S. The standard InChI is InChI=1S/C11H20N2S/c1-4-5-12-10(3)9(2)8-11-13-6-7-14-11/h6-7,9-10,12H,4-5,8H2,1-3H3. The van der Waals surface area contributed by atoms with Crippen LogP contribution >= 0.6 is 11.3 Å². The van der Waals surface area contributed by atoms with Crippen LogP contribution in [0.15, 0.2) is 11.6 Å². The minimum atomic E-state index is 0.582. The van der Waals surface area contributed by atoms with Gasteiger partial charge in [0.25, 0.3) is 0 Å². The summed E-state index contributed by atoms with van der Waals surface area (Å²) in [6.07, 6.45) is 4.18. The van der Waals surface area contributed by atoms with Crippen molar-refractivity contribution in [3.63, 3.8) is 0 Å². The summed E-state index contributed by atoms with van der Waals surface area (Å²) in [7, 11) is 0. The van der Waals surface area contributed by atoms with Gasteiger partial charge < -0.3 is 5.32 Å². The van der Waals surface area contributed by atoms with E-state index in [9.17, 15) is 0 Å². The summed E-state index contributed by atoms with van der Waals surface area (Å²) < 4.78 is 0. The predicted octanol–water partition coefficient (Wildman–Crippen LogP) is 2.71. The number of nitrogens with one attached hydrogen (secondary N) is 1. The van der Waals surface area contributed by atoms with E-state index in [0.717, 1.165) is 13.0 Å². The topological polar surface area (TPSA) is 24.9 Å². The highest BCUT2D eigenvalue weighted by atomic mass is 32.1. The smallest absolute Gasteiger partial charge is 0.0928 e. The van der Waals surface area contributed by atoms with Crippen LogP contribution in [0.5, 0.6) is 0 Å². The van der Waals surface area contributed by atoms with Gasteiger partial charge in [0, 0.05) is 24.0 Å². The molecule has 0 aliphatic carbocycles. The molecule has 0 aliphatic heterocycles. The van der Waals surface area contributed by atoms with Crippen molar-refractivity contribution in [2.24, 2.45) is 5.92 Å². The fourth-order valence-electron chi connectivity index (χ4n) is 1.38. The Labute approximate surface area is 90.8 Å². The van der Waals surface area contributed by atoms with Crippen molar-refractivity contribution in [3.05, 3.63) is 16.6 Å². The molecule has 0 aliphatic rings. The van der Waals surface area contributed by atoms with E-state index in [4.69, 9.17) is 0 Å². The lowest BCUT2D eigenvalue weighted by atomic mass is 10.0. The lowest BCUT2D eigenvalue weighted by Crippen LogP contribution is -2.33. The van der Waals surface area contributed by atoms with Crippen LogP contribution in [0.25, 0.3) is 0 Å². The normalized spacial score (nSPS) is 15.4. The highest BCUT2D eigenvalue weighted by Crippen LogP contribution is 2.13. The first-order chi connectivity index (χ1) is 6.74. The zero-order chi connectivity index (χ0) is 10.4. The first-order valence-corrected chi connectivity index (χ1v) is 6.23. The molecule has 0 spiro atoms. The number of aromatic nitrogens is 1. The fraction of sp³-hybridized carbons (Fsp3) is 0.727. The minimum Gasteiger partial charge on any atom is -0.314 e. The Balaban J connectivity index is 2.30. The Hall–Kier alpha value is -0.410. The monoisotopic (exact) mass is 212 g/mol. The van der Waals surface area contributed by atoms with Gasteiger partial charge in [-0.2, -0.15) is 0 Å². The second-order valence-electron chi connectivity index (χ2n) is 3.85.